The van der Waals surface area contributed by atoms with Crippen molar-refractivity contribution in [2.75, 3.05) is 13.1 Å². The van der Waals surface area contributed by atoms with Gasteiger partial charge >= 0.3 is 0 Å². The van der Waals surface area contributed by atoms with Crippen LogP contribution in [0.15, 0.2) is 63.2 Å². The molecular weight excluding hydrogens is 443 g/mol. The molecule has 29 heavy (non-hydrogen) atoms. The molecule has 0 aromatic heterocycles. The summed E-state index contributed by atoms with van der Waals surface area (Å²) in [5.41, 5.74) is 0. The first-order valence-electron chi connectivity index (χ1n) is 8.55. The molecule has 2 aromatic rings. The van der Waals surface area contributed by atoms with Gasteiger partial charge in [-0.25, -0.2) is 34.8 Å². The lowest BCUT2D eigenvalue weighted by Gasteiger charge is -2.31. The number of rotatable bonds is 5. The summed E-state index contributed by atoms with van der Waals surface area (Å²) >= 11 is 0. The van der Waals surface area contributed by atoms with Crippen LogP contribution in [0.3, 0.4) is 0 Å². The highest BCUT2D eigenvalue weighted by molar-refractivity contribution is 7.92. The van der Waals surface area contributed by atoms with E-state index in [1.165, 1.54) is 12.1 Å². The smallest absolute Gasteiger partial charge is 0.225 e. The highest BCUT2D eigenvalue weighted by atomic mass is 32.2. The summed E-state index contributed by atoms with van der Waals surface area (Å²) in [4.78, 5) is -0.316. The molecule has 2 N–H and O–H groups in total. The number of piperidine rings is 1. The zero-order chi connectivity index (χ0) is 21.4. The van der Waals surface area contributed by atoms with Crippen LogP contribution in [0.4, 0.5) is 4.39 Å². The number of sulfonamides is 2. The Bertz CT molecular complexity index is 1200. The van der Waals surface area contributed by atoms with E-state index >= 15 is 0 Å². The summed E-state index contributed by atoms with van der Waals surface area (Å²) in [7, 11) is -11.6. The van der Waals surface area contributed by atoms with Gasteiger partial charge in [-0.2, -0.15) is 4.31 Å². The maximum atomic E-state index is 13.0. The van der Waals surface area contributed by atoms with E-state index in [-0.39, 0.29) is 40.6 Å². The second kappa shape index (κ2) is 7.76. The lowest BCUT2D eigenvalue weighted by Crippen LogP contribution is -2.42. The van der Waals surface area contributed by atoms with Crippen molar-refractivity contribution < 1.29 is 29.6 Å². The number of hydrogen-bond acceptors (Lipinski definition) is 6. The van der Waals surface area contributed by atoms with Crippen LogP contribution < -0.4 is 5.14 Å². The first-order valence-corrected chi connectivity index (χ1v) is 13.1. The lowest BCUT2D eigenvalue weighted by atomic mass is 10.2. The Balaban J connectivity index is 1.75. The van der Waals surface area contributed by atoms with Crippen molar-refractivity contribution in [1.29, 1.82) is 0 Å². The molecule has 8 nitrogen and oxygen atoms in total. The van der Waals surface area contributed by atoms with E-state index in [1.807, 2.05) is 0 Å². The number of primary sulfonamides is 1. The molecule has 0 atom stereocenters. The minimum Gasteiger partial charge on any atom is -0.225 e. The van der Waals surface area contributed by atoms with Crippen molar-refractivity contribution in [3.63, 3.8) is 0 Å². The van der Waals surface area contributed by atoms with E-state index < -0.39 is 41.0 Å². The van der Waals surface area contributed by atoms with Crippen molar-refractivity contribution >= 4 is 29.9 Å². The summed E-state index contributed by atoms with van der Waals surface area (Å²) in [6.07, 6.45) is 0.183. The molecule has 2 aromatic carbocycles. The molecule has 1 heterocycles. The first-order chi connectivity index (χ1) is 13.4. The maximum absolute atomic E-state index is 13.0. The molecule has 0 unspecified atom stereocenters. The van der Waals surface area contributed by atoms with Gasteiger partial charge in [-0.1, -0.05) is 0 Å². The molecule has 0 amide bonds. The van der Waals surface area contributed by atoms with Crippen molar-refractivity contribution in [2.24, 2.45) is 5.14 Å². The molecule has 1 aliphatic rings. The average Bonchev–Trinajstić information content (AvgIpc) is 2.68. The van der Waals surface area contributed by atoms with Crippen molar-refractivity contribution in [1.82, 2.24) is 4.31 Å². The van der Waals surface area contributed by atoms with Gasteiger partial charge in [0.05, 0.1) is 19.9 Å². The fraction of sp³-hybridized carbons (Fsp3) is 0.294. The molecule has 1 saturated heterocycles. The topological polar surface area (TPSA) is 132 Å². The molecule has 0 radical (unpaired) electrons. The van der Waals surface area contributed by atoms with Crippen LogP contribution in [0.5, 0.6) is 0 Å². The normalized spacial score (nSPS) is 17.3. The average molecular weight is 463 g/mol. The number of nitrogens with two attached hydrogens (primary N) is 1. The van der Waals surface area contributed by atoms with Gasteiger partial charge in [0.1, 0.15) is 5.82 Å². The number of nitrogens with zero attached hydrogens (tertiary/aromatic N) is 1. The van der Waals surface area contributed by atoms with E-state index in [4.69, 9.17) is 5.14 Å². The minimum atomic E-state index is -3.94. The molecule has 1 aliphatic heterocycles. The van der Waals surface area contributed by atoms with Gasteiger partial charge in [-0.3, -0.25) is 0 Å². The minimum absolute atomic E-state index is 0.00112. The van der Waals surface area contributed by atoms with Gasteiger partial charge in [-0.15, -0.1) is 0 Å². The molecule has 1 fully saturated rings. The molecule has 0 spiro atoms. The summed E-state index contributed by atoms with van der Waals surface area (Å²) < 4.78 is 87.7. The summed E-state index contributed by atoms with van der Waals surface area (Å²) in [6, 6.07) is 9.03. The van der Waals surface area contributed by atoms with Crippen LogP contribution in [0.1, 0.15) is 12.8 Å². The van der Waals surface area contributed by atoms with Gasteiger partial charge in [0.2, 0.25) is 20.0 Å². The van der Waals surface area contributed by atoms with Crippen LogP contribution >= 0.6 is 0 Å². The number of benzene rings is 2. The van der Waals surface area contributed by atoms with Crippen LogP contribution in [0, 0.1) is 5.82 Å². The summed E-state index contributed by atoms with van der Waals surface area (Å²) in [5.74, 6) is -0.543. The molecule has 0 aliphatic carbocycles. The number of sulfone groups is 1. The molecule has 158 valence electrons. The van der Waals surface area contributed by atoms with E-state index in [9.17, 15) is 29.6 Å². The Hall–Kier alpha value is -1.86. The zero-order valence-electron chi connectivity index (χ0n) is 15.1. The van der Waals surface area contributed by atoms with Crippen molar-refractivity contribution in [3.8, 4) is 0 Å². The lowest BCUT2D eigenvalue weighted by molar-refractivity contribution is 0.345. The molecule has 3 rings (SSSR count). The van der Waals surface area contributed by atoms with E-state index in [0.717, 1.165) is 40.7 Å². The van der Waals surface area contributed by atoms with Crippen LogP contribution in [0.2, 0.25) is 0 Å². The molecule has 12 heteroatoms. The predicted molar refractivity (Wildman–Crippen MR) is 103 cm³/mol. The fourth-order valence-electron chi connectivity index (χ4n) is 3.15. The van der Waals surface area contributed by atoms with E-state index in [0.29, 0.717) is 0 Å². The van der Waals surface area contributed by atoms with Gasteiger partial charge in [0, 0.05) is 13.1 Å². The number of halogens is 1. The third kappa shape index (κ3) is 4.51. The third-order valence-corrected chi connectivity index (χ3v) is 9.89. The van der Waals surface area contributed by atoms with Gasteiger partial charge in [-0.05, 0) is 61.4 Å². The maximum Gasteiger partial charge on any atom is 0.243 e. The molecular formula is C17H19FN2O6S3. The van der Waals surface area contributed by atoms with E-state index in [1.54, 1.807) is 0 Å². The Morgan fingerprint density at radius 3 is 1.69 bits per heavy atom. The SMILES string of the molecule is NS(=O)(=O)c1ccc(S(=O)(=O)N2CCC(S(=O)(=O)c3ccc(F)cc3)CC2)cc1. The quantitative estimate of drug-likeness (QED) is 0.662. The second-order valence-electron chi connectivity index (χ2n) is 6.62. The van der Waals surface area contributed by atoms with Crippen molar-refractivity contribution in [3.05, 3.63) is 54.3 Å². The summed E-state index contributed by atoms with van der Waals surface area (Å²) in [5, 5.41) is 4.23. The van der Waals surface area contributed by atoms with Gasteiger partial charge < -0.3 is 0 Å². The van der Waals surface area contributed by atoms with Crippen LogP contribution in [-0.2, 0) is 29.9 Å². The van der Waals surface area contributed by atoms with Crippen molar-refractivity contribution in [2.45, 2.75) is 32.8 Å². The Morgan fingerprint density at radius 2 is 1.21 bits per heavy atom. The van der Waals surface area contributed by atoms with Gasteiger partial charge in [0.25, 0.3) is 0 Å². The zero-order valence-corrected chi connectivity index (χ0v) is 17.6. The third-order valence-electron chi connectivity index (χ3n) is 4.77. The van der Waals surface area contributed by atoms with Crippen LogP contribution in [-0.4, -0.2) is 47.9 Å². The summed E-state index contributed by atoms with van der Waals surface area (Å²) in [6.45, 7) is -0.0191. The molecule has 0 saturated carbocycles. The van der Waals surface area contributed by atoms with Gasteiger partial charge in [0.15, 0.2) is 9.84 Å². The van der Waals surface area contributed by atoms with Crippen LogP contribution in [0.25, 0.3) is 0 Å². The van der Waals surface area contributed by atoms with E-state index in [2.05, 4.69) is 0 Å². The Morgan fingerprint density at radius 1 is 0.759 bits per heavy atom. The Kier molecular flexibility index (Phi) is 5.84. The highest BCUT2D eigenvalue weighted by Crippen LogP contribution is 2.28. The second-order valence-corrected chi connectivity index (χ2v) is 12.3. The standard InChI is InChI=1S/C17H19FN2O6S3/c18-13-1-3-14(4-2-13)27(21,22)15-9-11-20(12-10-15)29(25,26)17-7-5-16(6-8-17)28(19,23)24/h1-8,15H,9-12H2,(H2,19,23,24). The highest BCUT2D eigenvalue weighted by Gasteiger charge is 2.35. The predicted octanol–water partition coefficient (Wildman–Crippen LogP) is 1.10. The fourth-order valence-corrected chi connectivity index (χ4v) is 6.87. The monoisotopic (exact) mass is 462 g/mol. The molecule has 0 bridgehead atoms. The Labute approximate surface area is 169 Å². The number of hydrogen-bond donors (Lipinski definition) is 1. The largest absolute Gasteiger partial charge is 0.243 e. The first kappa shape index (κ1) is 21.8.